The van der Waals surface area contributed by atoms with Crippen LogP contribution in [0.3, 0.4) is 0 Å². The van der Waals surface area contributed by atoms with Crippen LogP contribution in [0.15, 0.2) is 251 Å². The Hall–Kier alpha value is -12.2. The zero-order valence-corrected chi connectivity index (χ0v) is 54.6. The van der Waals surface area contributed by atoms with Crippen LogP contribution in [0.25, 0.3) is 22.3 Å². The van der Waals surface area contributed by atoms with Crippen LogP contribution in [0.5, 0.6) is 0 Å². The molecule has 0 saturated heterocycles. The molecular weight excluding hydrogens is 1260 g/mol. The fourth-order valence-corrected chi connectivity index (χ4v) is 11.7. The molecule has 2 atom stereocenters. The van der Waals surface area contributed by atoms with Crippen LogP contribution < -0.4 is 42.3 Å². The zero-order valence-electron chi connectivity index (χ0n) is 54.6. The maximum Gasteiger partial charge on any atom is 0.335 e. The Morgan fingerprint density at radius 3 is 1.09 bits per heavy atom. The smallest absolute Gasteiger partial charge is 0.335 e. The molecule has 0 bridgehead atoms. The second kappa shape index (κ2) is 36.1. The predicted molar refractivity (Wildman–Crippen MR) is 374 cm³/mol. The molecular formula is C77H76N10O12-2. The number of fused-ring (bicyclic) bond motifs is 6. The summed E-state index contributed by atoms with van der Waals surface area (Å²) in [6.07, 6.45) is 1.02. The summed E-state index contributed by atoms with van der Waals surface area (Å²) in [5.41, 5.74) is 15.9. The number of rotatable bonds is 28. The van der Waals surface area contributed by atoms with Crippen LogP contribution in [0.1, 0.15) is 108 Å². The summed E-state index contributed by atoms with van der Waals surface area (Å²) in [6.45, 7) is 6.03. The average molecular weight is 1330 g/mol. The molecule has 0 unspecified atom stereocenters. The van der Waals surface area contributed by atoms with E-state index in [1.165, 1.54) is 6.08 Å². The van der Waals surface area contributed by atoms with Gasteiger partial charge in [0.05, 0.1) is 12.1 Å². The topological polar surface area (TPSA) is 318 Å². The summed E-state index contributed by atoms with van der Waals surface area (Å²) in [5, 5.41) is 54.2. The van der Waals surface area contributed by atoms with Crippen molar-refractivity contribution < 1.29 is 58.3 Å². The van der Waals surface area contributed by atoms with Crippen molar-refractivity contribution in [3.8, 4) is 22.3 Å². The van der Waals surface area contributed by atoms with Crippen LogP contribution in [-0.4, -0.2) is 110 Å². The van der Waals surface area contributed by atoms with Gasteiger partial charge in [-0.05, 0) is 79.6 Å². The highest BCUT2D eigenvalue weighted by atomic mass is 16.6. The number of aliphatic imine (C=N–C) groups is 2. The van der Waals surface area contributed by atoms with E-state index in [0.29, 0.717) is 12.8 Å². The minimum atomic E-state index is -1.28. The van der Waals surface area contributed by atoms with Crippen LogP contribution in [-0.2, 0) is 33.4 Å². The number of benzene rings is 8. The summed E-state index contributed by atoms with van der Waals surface area (Å²) in [4.78, 5) is 84.9. The summed E-state index contributed by atoms with van der Waals surface area (Å²) in [7, 11) is 0. The fraction of sp³-hybridized carbons (Fsp3) is 0.221. The summed E-state index contributed by atoms with van der Waals surface area (Å²) >= 11 is 0. The Bertz CT molecular complexity index is 4040. The lowest BCUT2D eigenvalue weighted by molar-refractivity contribution is -0.252. The number of carbonyl (C=O) groups is 6. The number of nitrogens with zero attached hydrogens (tertiary/aromatic N) is 4. The van der Waals surface area contributed by atoms with Gasteiger partial charge in [0, 0.05) is 25.0 Å². The molecule has 8 aromatic carbocycles. The lowest BCUT2D eigenvalue weighted by Crippen LogP contribution is -2.44. The molecule has 0 fully saturated rings. The van der Waals surface area contributed by atoms with Gasteiger partial charge >= 0.3 is 24.0 Å². The molecule has 508 valence electrons. The minimum absolute atomic E-state index is 0.0217. The molecule has 8 aromatic rings. The third kappa shape index (κ3) is 19.5. The van der Waals surface area contributed by atoms with Crippen LogP contribution in [0.4, 0.5) is 9.59 Å². The van der Waals surface area contributed by atoms with Crippen molar-refractivity contribution in [3.63, 3.8) is 0 Å². The molecule has 22 nitrogen and oxygen atoms in total. The molecule has 0 spiro atoms. The van der Waals surface area contributed by atoms with E-state index < -0.39 is 85.2 Å². The van der Waals surface area contributed by atoms with Gasteiger partial charge in [-0.15, -0.1) is 0 Å². The normalized spacial score (nSPS) is 13.2. The molecule has 10 rings (SSSR count). The Kier molecular flexibility index (Phi) is 25.9. The van der Waals surface area contributed by atoms with Gasteiger partial charge < -0.3 is 50.8 Å². The highest BCUT2D eigenvalue weighted by Gasteiger charge is 2.31. The quantitative estimate of drug-likeness (QED) is 0.00793. The van der Waals surface area contributed by atoms with Crippen molar-refractivity contribution in [1.82, 2.24) is 32.1 Å². The van der Waals surface area contributed by atoms with E-state index in [4.69, 9.17) is 19.3 Å². The first kappa shape index (κ1) is 71.1. The number of carboxylic acids is 1. The number of hydrazone groups is 2. The van der Waals surface area contributed by atoms with Crippen LogP contribution in [0.2, 0.25) is 0 Å². The molecule has 7 N–H and O–H groups in total. The Morgan fingerprint density at radius 1 is 0.465 bits per heavy atom. The highest BCUT2D eigenvalue weighted by molar-refractivity contribution is 6.41. The molecule has 0 aliphatic heterocycles. The Morgan fingerprint density at radius 2 is 0.778 bits per heavy atom. The van der Waals surface area contributed by atoms with Crippen molar-refractivity contribution in [1.29, 1.82) is 0 Å². The number of nitrogens with one attached hydrogen (secondary N) is 6. The van der Waals surface area contributed by atoms with E-state index in [2.05, 4.69) is 58.9 Å². The largest absolute Gasteiger partial charge is 0.599 e. The molecule has 2 aliphatic rings. The molecule has 22 heteroatoms. The molecule has 0 heterocycles. The first-order valence-electron chi connectivity index (χ1n) is 32.4. The van der Waals surface area contributed by atoms with Crippen molar-refractivity contribution in [2.24, 2.45) is 20.2 Å². The average Bonchev–Trinajstić information content (AvgIpc) is 1.63. The first-order valence-corrected chi connectivity index (χ1v) is 32.4. The second-order valence-corrected chi connectivity index (χ2v) is 22.9. The summed E-state index contributed by atoms with van der Waals surface area (Å²) < 4.78 is 16.3. The zero-order chi connectivity index (χ0) is 69.9. The molecule has 0 saturated carbocycles. The van der Waals surface area contributed by atoms with Crippen molar-refractivity contribution >= 4 is 59.4 Å². The third-order valence-corrected chi connectivity index (χ3v) is 16.2. The van der Waals surface area contributed by atoms with E-state index in [0.717, 1.165) is 66.8 Å². The molecule has 6 amide bonds. The van der Waals surface area contributed by atoms with E-state index in [9.17, 15) is 39.0 Å². The maximum absolute atomic E-state index is 13.5. The van der Waals surface area contributed by atoms with Gasteiger partial charge in [-0.3, -0.25) is 29.2 Å². The van der Waals surface area contributed by atoms with Gasteiger partial charge in [-0.2, -0.15) is 10.2 Å². The van der Waals surface area contributed by atoms with E-state index in [-0.39, 0.29) is 55.9 Å². The lowest BCUT2D eigenvalue weighted by atomic mass is 9.98. The van der Waals surface area contributed by atoms with Crippen LogP contribution >= 0.6 is 0 Å². The number of hydrogen-bond donors (Lipinski definition) is 7. The number of hydrogen-bond acceptors (Lipinski definition) is 15. The van der Waals surface area contributed by atoms with E-state index >= 15 is 0 Å². The minimum Gasteiger partial charge on any atom is -0.599 e. The van der Waals surface area contributed by atoms with Gasteiger partial charge in [-0.25, -0.2) is 20.4 Å². The van der Waals surface area contributed by atoms with Gasteiger partial charge in [0.2, 0.25) is 0 Å². The standard InChI is InChI=1S/C40H41N5O6.C37H37N5O6/c1-3-15-34(42-40(49)51-26-33-31-22-13-11-20-29(31)30-21-12-14-23-32(30)33)37(38(47)41-25-35(46)50-24-4-2)44-45-39(48)43-36(27-16-7-5-8-17-27)28-18-9-6-10-19-28;1-2-13-31(39-37(47)48-23-30-28-20-11-9-18-26(28)27-19-10-12-21-29(27)30)34(35(45)38-22-32(43)44)41-42-36(46)40-33(24-14-5-3-6-15-24)25-16-7-4-8-17-25/h4-14,16-23,33-34,36H,2-3,15,24-26H2,1H3,(H,41,47)(H,42,49)(H2,43,45,48);3-12,14-21,30-31,33H,2,13,22-23H2,1H3,(H,38,45)(H,39,47)(H,43,44)(H2,40,42,46)/p-2/t34-;31-/m10/s1. The van der Waals surface area contributed by atoms with Crippen LogP contribution in [0, 0.1) is 0 Å². The SMILES string of the molecule is C=CCOC(=O)CNC(=O)C(=NNC(=O)NC(c1ccccc1)c1ccccc1)[C@@H](CCC)N=C([O-])OCC1c2ccccc2-c2ccccc21.CCC[C@H](N=C([O-])OCC1c2ccccc2-c2ccccc21)C(=NNC(=O)NC(c1ccccc1)c1ccccc1)C(=O)NCC(=O)O. The number of aliphatic carboxylic acids is 1. The number of ether oxygens (including phenoxy) is 3. The first-order chi connectivity index (χ1) is 48.2. The monoisotopic (exact) mass is 1330 g/mol. The number of carbonyl (C=O) groups excluding carboxylic acids is 5. The van der Waals surface area contributed by atoms with Crippen molar-refractivity contribution in [2.45, 2.75) is 75.5 Å². The maximum atomic E-state index is 13.5. The van der Waals surface area contributed by atoms with Crippen molar-refractivity contribution in [3.05, 3.63) is 276 Å². The fourth-order valence-electron chi connectivity index (χ4n) is 11.7. The van der Waals surface area contributed by atoms with Crippen molar-refractivity contribution in [2.75, 3.05) is 32.9 Å². The molecule has 0 radical (unpaired) electrons. The molecule has 2 aliphatic carbocycles. The Balaban J connectivity index is 0.000000232. The number of amides is 6. The van der Waals surface area contributed by atoms with Gasteiger partial charge in [-0.1, -0.05) is 258 Å². The number of esters is 1. The highest BCUT2D eigenvalue weighted by Crippen LogP contribution is 2.46. The van der Waals surface area contributed by atoms with E-state index in [1.54, 1.807) is 0 Å². The summed E-state index contributed by atoms with van der Waals surface area (Å²) in [5.74, 6) is -4.08. The molecule has 0 aromatic heterocycles. The lowest BCUT2D eigenvalue weighted by Gasteiger charge is -2.23. The molecule has 99 heavy (non-hydrogen) atoms. The summed E-state index contributed by atoms with van der Waals surface area (Å²) in [6, 6.07) is 64.4. The predicted octanol–water partition coefficient (Wildman–Crippen LogP) is 9.34. The number of carboxylic acid groups (broad SMARTS) is 1. The van der Waals surface area contributed by atoms with Gasteiger partial charge in [0.25, 0.3) is 11.8 Å². The van der Waals surface area contributed by atoms with Gasteiger partial charge in [0.15, 0.2) is 0 Å². The van der Waals surface area contributed by atoms with Gasteiger partial charge in [0.1, 0.15) is 55.4 Å². The Labute approximate surface area is 573 Å². The number of urea groups is 2. The van der Waals surface area contributed by atoms with E-state index in [1.807, 2.05) is 232 Å². The second-order valence-electron chi connectivity index (χ2n) is 22.9. The third-order valence-electron chi connectivity index (χ3n) is 16.2.